The molecule has 21 heavy (non-hydrogen) atoms. The van der Waals surface area contributed by atoms with Crippen LogP contribution in [0.15, 0.2) is 28.9 Å². The number of anilines is 1. The molecule has 0 saturated carbocycles. The highest BCUT2D eigenvalue weighted by molar-refractivity contribution is 9.10. The first-order valence-corrected chi connectivity index (χ1v) is 6.70. The molecule has 1 amide bonds. The highest BCUT2D eigenvalue weighted by Crippen LogP contribution is 2.22. The number of hydrogen-bond donors (Lipinski definition) is 1. The standard InChI is InChI=1S/C12H10BrFN4O3/c1-2-17-6-10(18(20)21)11(16-17)12(19)15-9-4-3-7(13)5-8(9)14/h3-6H,2H2,1H3,(H,15,19). The van der Waals surface area contributed by atoms with Gasteiger partial charge in [0.1, 0.15) is 12.0 Å². The van der Waals surface area contributed by atoms with Gasteiger partial charge in [-0.2, -0.15) is 5.10 Å². The molecule has 0 aliphatic carbocycles. The van der Waals surface area contributed by atoms with Crippen LogP contribution in [0.25, 0.3) is 0 Å². The molecule has 0 aliphatic rings. The van der Waals surface area contributed by atoms with Gasteiger partial charge in [-0.25, -0.2) is 4.39 Å². The van der Waals surface area contributed by atoms with E-state index in [1.54, 1.807) is 6.92 Å². The molecule has 110 valence electrons. The summed E-state index contributed by atoms with van der Waals surface area (Å²) in [6.45, 7) is 2.10. The zero-order chi connectivity index (χ0) is 15.6. The molecule has 2 rings (SSSR count). The summed E-state index contributed by atoms with van der Waals surface area (Å²) in [5, 5.41) is 17.0. The molecule has 0 saturated heterocycles. The monoisotopic (exact) mass is 356 g/mol. The Morgan fingerprint density at radius 1 is 1.57 bits per heavy atom. The first-order chi connectivity index (χ1) is 9.92. The lowest BCUT2D eigenvalue weighted by Crippen LogP contribution is -2.15. The number of nitro groups is 1. The Kier molecular flexibility index (Phi) is 4.32. The quantitative estimate of drug-likeness (QED) is 0.673. The summed E-state index contributed by atoms with van der Waals surface area (Å²) in [5.41, 5.74) is -0.861. The fourth-order valence-electron chi connectivity index (χ4n) is 1.64. The number of amides is 1. The lowest BCUT2D eigenvalue weighted by molar-refractivity contribution is -0.385. The van der Waals surface area contributed by atoms with Crippen LogP contribution in [0, 0.1) is 15.9 Å². The summed E-state index contributed by atoms with van der Waals surface area (Å²) >= 11 is 3.09. The van der Waals surface area contributed by atoms with E-state index in [0.717, 1.165) is 6.20 Å². The average Bonchev–Trinajstić information content (AvgIpc) is 2.86. The molecule has 0 spiro atoms. The van der Waals surface area contributed by atoms with Gasteiger partial charge in [0.25, 0.3) is 5.91 Å². The SMILES string of the molecule is CCn1cc([N+](=O)[O-])c(C(=O)Nc2ccc(Br)cc2F)n1. The highest BCUT2D eigenvalue weighted by atomic mass is 79.9. The number of nitrogens with zero attached hydrogens (tertiary/aromatic N) is 3. The van der Waals surface area contributed by atoms with Gasteiger partial charge in [-0.05, 0) is 25.1 Å². The summed E-state index contributed by atoms with van der Waals surface area (Å²) in [6.07, 6.45) is 1.16. The Morgan fingerprint density at radius 2 is 2.29 bits per heavy atom. The minimum Gasteiger partial charge on any atom is -0.318 e. The van der Waals surface area contributed by atoms with Crippen LogP contribution in [0.5, 0.6) is 0 Å². The van der Waals surface area contributed by atoms with Crippen LogP contribution in [0.4, 0.5) is 15.8 Å². The van der Waals surface area contributed by atoms with Gasteiger partial charge < -0.3 is 5.32 Å². The van der Waals surface area contributed by atoms with Gasteiger partial charge in [0.15, 0.2) is 0 Å². The second-order valence-corrected chi connectivity index (χ2v) is 4.97. The van der Waals surface area contributed by atoms with Crippen LogP contribution in [0.2, 0.25) is 0 Å². The van der Waals surface area contributed by atoms with Crippen LogP contribution >= 0.6 is 15.9 Å². The van der Waals surface area contributed by atoms with E-state index in [0.29, 0.717) is 11.0 Å². The van der Waals surface area contributed by atoms with Gasteiger partial charge in [0.05, 0.1) is 10.6 Å². The van der Waals surface area contributed by atoms with Crippen molar-refractivity contribution in [3.63, 3.8) is 0 Å². The maximum atomic E-state index is 13.7. The van der Waals surface area contributed by atoms with E-state index in [-0.39, 0.29) is 11.4 Å². The third kappa shape index (κ3) is 3.24. The fourth-order valence-corrected chi connectivity index (χ4v) is 1.97. The van der Waals surface area contributed by atoms with E-state index in [1.165, 1.54) is 22.9 Å². The second kappa shape index (κ2) is 6.00. The van der Waals surface area contributed by atoms with E-state index in [4.69, 9.17) is 0 Å². The van der Waals surface area contributed by atoms with E-state index in [1.807, 2.05) is 0 Å². The van der Waals surface area contributed by atoms with Crippen LogP contribution in [0.1, 0.15) is 17.4 Å². The van der Waals surface area contributed by atoms with Gasteiger partial charge >= 0.3 is 5.69 Å². The lowest BCUT2D eigenvalue weighted by atomic mass is 10.3. The Bertz CT molecular complexity index is 717. The average molecular weight is 357 g/mol. The molecule has 0 unspecified atom stereocenters. The minimum absolute atomic E-state index is 0.0800. The number of carbonyl (C=O) groups is 1. The molecule has 0 bridgehead atoms. The van der Waals surface area contributed by atoms with Crippen LogP contribution < -0.4 is 5.32 Å². The third-order valence-electron chi connectivity index (χ3n) is 2.66. The number of aromatic nitrogens is 2. The van der Waals surface area contributed by atoms with Crippen LogP contribution in [0.3, 0.4) is 0 Å². The van der Waals surface area contributed by atoms with Crippen molar-refractivity contribution in [3.8, 4) is 0 Å². The van der Waals surface area contributed by atoms with Crippen molar-refractivity contribution in [1.82, 2.24) is 9.78 Å². The molecule has 9 heteroatoms. The second-order valence-electron chi connectivity index (χ2n) is 4.05. The number of hydrogen-bond acceptors (Lipinski definition) is 4. The molecule has 7 nitrogen and oxygen atoms in total. The molecule has 1 aromatic carbocycles. The molecule has 1 N–H and O–H groups in total. The summed E-state index contributed by atoms with van der Waals surface area (Å²) in [7, 11) is 0. The molecule has 1 aromatic heterocycles. The van der Waals surface area contributed by atoms with Gasteiger partial charge in [-0.3, -0.25) is 19.6 Å². The van der Waals surface area contributed by atoms with Crippen molar-refractivity contribution in [1.29, 1.82) is 0 Å². The van der Waals surface area contributed by atoms with Crippen molar-refractivity contribution in [2.75, 3.05) is 5.32 Å². The summed E-state index contributed by atoms with van der Waals surface area (Å²) in [5.74, 6) is -1.49. The van der Waals surface area contributed by atoms with Crippen molar-refractivity contribution in [3.05, 3.63) is 50.5 Å². The van der Waals surface area contributed by atoms with Crippen molar-refractivity contribution in [2.24, 2.45) is 0 Å². The summed E-state index contributed by atoms with van der Waals surface area (Å²) in [6, 6.07) is 4.06. The Balaban J connectivity index is 2.32. The van der Waals surface area contributed by atoms with Gasteiger partial charge in [-0.15, -0.1) is 0 Å². The normalized spacial score (nSPS) is 10.4. The van der Waals surface area contributed by atoms with Crippen molar-refractivity contribution < 1.29 is 14.1 Å². The first kappa shape index (κ1) is 15.1. The van der Waals surface area contributed by atoms with E-state index >= 15 is 0 Å². The number of rotatable bonds is 4. The number of nitrogens with one attached hydrogen (secondary N) is 1. The predicted molar refractivity (Wildman–Crippen MR) is 76.6 cm³/mol. The number of aryl methyl sites for hydroxylation is 1. The predicted octanol–water partition coefficient (Wildman–Crippen LogP) is 2.97. The van der Waals surface area contributed by atoms with E-state index in [9.17, 15) is 19.3 Å². The Hall–Kier alpha value is -2.29. The Labute approximate surface area is 127 Å². The van der Waals surface area contributed by atoms with Crippen LogP contribution in [-0.4, -0.2) is 20.6 Å². The topological polar surface area (TPSA) is 90.1 Å². The molecule has 0 radical (unpaired) electrons. The smallest absolute Gasteiger partial charge is 0.318 e. The van der Waals surface area contributed by atoms with Gasteiger partial charge in [-0.1, -0.05) is 15.9 Å². The number of carbonyl (C=O) groups excluding carboxylic acids is 1. The molecule has 0 aliphatic heterocycles. The maximum absolute atomic E-state index is 13.7. The summed E-state index contributed by atoms with van der Waals surface area (Å²) in [4.78, 5) is 22.2. The van der Waals surface area contributed by atoms with Crippen molar-refractivity contribution >= 4 is 33.2 Å². The fraction of sp³-hybridized carbons (Fsp3) is 0.167. The zero-order valence-electron chi connectivity index (χ0n) is 10.8. The first-order valence-electron chi connectivity index (χ1n) is 5.90. The van der Waals surface area contributed by atoms with E-state index in [2.05, 4.69) is 26.3 Å². The highest BCUT2D eigenvalue weighted by Gasteiger charge is 2.25. The lowest BCUT2D eigenvalue weighted by Gasteiger charge is -2.04. The number of benzene rings is 1. The minimum atomic E-state index is -0.838. The molecule has 1 heterocycles. The molecule has 2 aromatic rings. The number of halogens is 2. The largest absolute Gasteiger partial charge is 0.320 e. The van der Waals surface area contributed by atoms with Gasteiger partial charge in [0, 0.05) is 11.0 Å². The van der Waals surface area contributed by atoms with E-state index < -0.39 is 22.3 Å². The molecular formula is C12H10BrFN4O3. The zero-order valence-corrected chi connectivity index (χ0v) is 12.4. The Morgan fingerprint density at radius 3 is 2.86 bits per heavy atom. The molecule has 0 atom stereocenters. The third-order valence-corrected chi connectivity index (χ3v) is 3.15. The van der Waals surface area contributed by atoms with Gasteiger partial charge in [0.2, 0.25) is 5.69 Å². The maximum Gasteiger partial charge on any atom is 0.320 e. The summed E-state index contributed by atoms with van der Waals surface area (Å²) < 4.78 is 15.4. The molecular weight excluding hydrogens is 347 g/mol. The van der Waals surface area contributed by atoms with Crippen molar-refractivity contribution in [2.45, 2.75) is 13.5 Å². The molecule has 0 fully saturated rings. The van der Waals surface area contributed by atoms with Crippen LogP contribution in [-0.2, 0) is 6.54 Å².